The second-order valence-electron chi connectivity index (χ2n) is 5.34. The summed E-state index contributed by atoms with van der Waals surface area (Å²) in [4.78, 5) is 6.84. The fourth-order valence-corrected chi connectivity index (χ4v) is 2.94. The minimum absolute atomic E-state index is 0.390. The highest BCUT2D eigenvalue weighted by Crippen LogP contribution is 2.29. The minimum atomic E-state index is 0.390. The Morgan fingerprint density at radius 3 is 2.89 bits per heavy atom. The van der Waals surface area contributed by atoms with Crippen LogP contribution in [0.2, 0.25) is 5.02 Å². The van der Waals surface area contributed by atoms with E-state index in [9.17, 15) is 0 Å². The number of anilines is 1. The van der Waals surface area contributed by atoms with E-state index in [1.54, 1.807) is 0 Å². The van der Waals surface area contributed by atoms with Gasteiger partial charge in [0.2, 0.25) is 0 Å². The van der Waals surface area contributed by atoms with Crippen molar-refractivity contribution >= 4 is 17.4 Å². The Morgan fingerprint density at radius 2 is 2.22 bits per heavy atom. The maximum atomic E-state index is 6.05. The van der Waals surface area contributed by atoms with E-state index in [-0.39, 0.29) is 0 Å². The number of hydrogen-bond donors (Lipinski definition) is 1. The number of aromatic nitrogens is 1. The molecule has 100 valence electrons. The van der Waals surface area contributed by atoms with Crippen molar-refractivity contribution in [2.24, 2.45) is 11.7 Å². The molecule has 0 saturated heterocycles. The van der Waals surface area contributed by atoms with E-state index in [2.05, 4.69) is 23.9 Å². The van der Waals surface area contributed by atoms with Crippen LogP contribution in [0.3, 0.4) is 0 Å². The number of nitrogens with two attached hydrogens (primary N) is 1. The fraction of sp³-hybridized carbons (Fsp3) is 0.643. The summed E-state index contributed by atoms with van der Waals surface area (Å²) in [5, 5.41) is 0.659. The summed E-state index contributed by atoms with van der Waals surface area (Å²) in [6, 6.07) is 4.48. The first-order valence-corrected chi connectivity index (χ1v) is 7.08. The van der Waals surface area contributed by atoms with Crippen molar-refractivity contribution < 1.29 is 0 Å². The lowest BCUT2D eigenvalue weighted by Crippen LogP contribution is -2.36. The normalized spacial score (nSPS) is 24.0. The number of halogens is 1. The maximum Gasteiger partial charge on any atom is 0.128 e. The Hall–Kier alpha value is -0.800. The van der Waals surface area contributed by atoms with Crippen LogP contribution >= 0.6 is 11.6 Å². The standard InChI is InChI=1S/C14H22ClN3/c1-10-4-3-5-11(8-10)18(2)14-7-6-12(15)13(9-16)17-14/h6-7,10-11H,3-5,8-9,16H2,1-2H3. The highest BCUT2D eigenvalue weighted by atomic mass is 35.5. The molecule has 18 heavy (non-hydrogen) atoms. The molecule has 0 aliphatic heterocycles. The fourth-order valence-electron chi connectivity index (χ4n) is 2.75. The number of nitrogens with zero attached hydrogens (tertiary/aromatic N) is 2. The molecule has 0 amide bonds. The van der Waals surface area contributed by atoms with Crippen molar-refractivity contribution in [3.05, 3.63) is 22.8 Å². The topological polar surface area (TPSA) is 42.1 Å². The van der Waals surface area contributed by atoms with Crippen LogP contribution in [0.25, 0.3) is 0 Å². The van der Waals surface area contributed by atoms with Crippen molar-refractivity contribution in [1.82, 2.24) is 4.98 Å². The summed E-state index contributed by atoms with van der Waals surface area (Å²) in [6.45, 7) is 2.72. The Morgan fingerprint density at radius 1 is 1.44 bits per heavy atom. The van der Waals surface area contributed by atoms with Gasteiger partial charge in [0.25, 0.3) is 0 Å². The summed E-state index contributed by atoms with van der Waals surface area (Å²) in [5.74, 6) is 1.80. The van der Waals surface area contributed by atoms with Crippen molar-refractivity contribution in [2.45, 2.75) is 45.2 Å². The Kier molecular flexibility index (Phi) is 4.46. The molecular formula is C14H22ClN3. The van der Waals surface area contributed by atoms with Crippen LogP contribution in [0, 0.1) is 5.92 Å². The molecule has 1 aliphatic rings. The van der Waals surface area contributed by atoms with Gasteiger partial charge in [-0.25, -0.2) is 4.98 Å². The number of hydrogen-bond acceptors (Lipinski definition) is 3. The zero-order valence-electron chi connectivity index (χ0n) is 11.2. The van der Waals surface area contributed by atoms with Gasteiger partial charge in [0.15, 0.2) is 0 Å². The summed E-state index contributed by atoms with van der Waals surface area (Å²) < 4.78 is 0. The predicted octanol–water partition coefficient (Wildman–Crippen LogP) is 3.21. The molecule has 1 heterocycles. The summed E-state index contributed by atoms with van der Waals surface area (Å²) in [6.07, 6.45) is 5.17. The van der Waals surface area contributed by atoms with Crippen LogP contribution in [0.5, 0.6) is 0 Å². The van der Waals surface area contributed by atoms with E-state index >= 15 is 0 Å². The molecule has 1 aliphatic carbocycles. The molecule has 2 unspecified atom stereocenters. The van der Waals surface area contributed by atoms with Crippen molar-refractivity contribution in [1.29, 1.82) is 0 Å². The smallest absolute Gasteiger partial charge is 0.128 e. The second-order valence-corrected chi connectivity index (χ2v) is 5.75. The third-order valence-electron chi connectivity index (χ3n) is 3.92. The minimum Gasteiger partial charge on any atom is -0.357 e. The van der Waals surface area contributed by atoms with Gasteiger partial charge in [0.05, 0.1) is 10.7 Å². The molecule has 0 aromatic carbocycles. The first-order valence-electron chi connectivity index (χ1n) is 6.70. The number of pyridine rings is 1. The van der Waals surface area contributed by atoms with Crippen LogP contribution in [-0.4, -0.2) is 18.1 Å². The molecule has 1 aromatic rings. The Labute approximate surface area is 114 Å². The van der Waals surface area contributed by atoms with E-state index in [4.69, 9.17) is 17.3 Å². The Balaban J connectivity index is 2.14. The van der Waals surface area contributed by atoms with Gasteiger partial charge in [-0.3, -0.25) is 0 Å². The molecule has 2 atom stereocenters. The highest BCUT2D eigenvalue weighted by Gasteiger charge is 2.23. The van der Waals surface area contributed by atoms with Crippen LogP contribution in [0.1, 0.15) is 38.3 Å². The maximum absolute atomic E-state index is 6.05. The first kappa shape index (κ1) is 13.6. The SMILES string of the molecule is CC1CCCC(N(C)c2ccc(Cl)c(CN)n2)C1. The van der Waals surface area contributed by atoms with E-state index in [1.807, 2.05) is 12.1 Å². The summed E-state index contributed by atoms with van der Waals surface area (Å²) in [7, 11) is 2.12. The lowest BCUT2D eigenvalue weighted by Gasteiger charge is -2.35. The van der Waals surface area contributed by atoms with Gasteiger partial charge in [0, 0.05) is 19.6 Å². The Bertz CT molecular complexity index is 408. The average Bonchev–Trinajstić information content (AvgIpc) is 2.38. The van der Waals surface area contributed by atoms with Gasteiger partial charge >= 0.3 is 0 Å². The van der Waals surface area contributed by atoms with E-state index in [1.165, 1.54) is 25.7 Å². The molecule has 2 N–H and O–H groups in total. The molecule has 1 fully saturated rings. The van der Waals surface area contributed by atoms with Crippen LogP contribution in [0.4, 0.5) is 5.82 Å². The zero-order valence-corrected chi connectivity index (χ0v) is 12.0. The van der Waals surface area contributed by atoms with Gasteiger partial charge in [-0.05, 0) is 30.9 Å². The van der Waals surface area contributed by atoms with Crippen molar-refractivity contribution in [2.75, 3.05) is 11.9 Å². The quantitative estimate of drug-likeness (QED) is 0.914. The largest absolute Gasteiger partial charge is 0.357 e. The van der Waals surface area contributed by atoms with E-state index in [0.717, 1.165) is 17.4 Å². The molecule has 3 nitrogen and oxygen atoms in total. The zero-order chi connectivity index (χ0) is 13.1. The molecule has 2 rings (SSSR count). The van der Waals surface area contributed by atoms with E-state index < -0.39 is 0 Å². The summed E-state index contributed by atoms with van der Waals surface area (Å²) >= 11 is 6.05. The molecule has 1 saturated carbocycles. The second kappa shape index (κ2) is 5.89. The lowest BCUT2D eigenvalue weighted by atomic mass is 9.86. The molecule has 0 bridgehead atoms. The first-order chi connectivity index (χ1) is 8.61. The van der Waals surface area contributed by atoms with E-state index in [0.29, 0.717) is 17.6 Å². The molecule has 1 aromatic heterocycles. The highest BCUT2D eigenvalue weighted by molar-refractivity contribution is 6.31. The monoisotopic (exact) mass is 267 g/mol. The third-order valence-corrected chi connectivity index (χ3v) is 4.26. The van der Waals surface area contributed by atoms with Gasteiger partial charge in [0.1, 0.15) is 5.82 Å². The average molecular weight is 268 g/mol. The van der Waals surface area contributed by atoms with Crippen LogP contribution in [-0.2, 0) is 6.54 Å². The van der Waals surface area contributed by atoms with Gasteiger partial charge in [-0.1, -0.05) is 31.4 Å². The third kappa shape index (κ3) is 2.96. The van der Waals surface area contributed by atoms with Crippen molar-refractivity contribution in [3.63, 3.8) is 0 Å². The molecule has 0 radical (unpaired) electrons. The predicted molar refractivity (Wildman–Crippen MR) is 77.0 cm³/mol. The summed E-state index contributed by atoms with van der Waals surface area (Å²) in [5.41, 5.74) is 6.44. The van der Waals surface area contributed by atoms with Crippen LogP contribution in [0.15, 0.2) is 12.1 Å². The molecule has 0 spiro atoms. The van der Waals surface area contributed by atoms with Crippen molar-refractivity contribution in [3.8, 4) is 0 Å². The van der Waals surface area contributed by atoms with Crippen LogP contribution < -0.4 is 10.6 Å². The lowest BCUT2D eigenvalue weighted by molar-refractivity contribution is 0.335. The number of rotatable bonds is 3. The molecular weight excluding hydrogens is 246 g/mol. The van der Waals surface area contributed by atoms with Gasteiger partial charge in [-0.2, -0.15) is 0 Å². The van der Waals surface area contributed by atoms with Gasteiger partial charge in [-0.15, -0.1) is 0 Å². The molecule has 4 heteroatoms. The van der Waals surface area contributed by atoms with Gasteiger partial charge < -0.3 is 10.6 Å².